The standard InChI is InChI=1S/C16H16N2O4/c1-9-7-14(22-17-9)15(19)18-10(2)8-12(16(20)21)11-5-3-4-6-13(11)18/h3-7,10,12H,8H2,1-2H3,(H,20,21)/t10-,12-/m1/s1. The van der Waals surface area contributed by atoms with Gasteiger partial charge in [-0.1, -0.05) is 23.4 Å². The van der Waals surface area contributed by atoms with Crippen LogP contribution in [0.4, 0.5) is 5.69 Å². The monoisotopic (exact) mass is 300 g/mol. The van der Waals surface area contributed by atoms with E-state index in [2.05, 4.69) is 5.16 Å². The number of anilines is 1. The number of carboxylic acid groups (broad SMARTS) is 1. The Labute approximate surface area is 127 Å². The Morgan fingerprint density at radius 2 is 2.09 bits per heavy atom. The Kier molecular flexibility index (Phi) is 3.44. The van der Waals surface area contributed by atoms with E-state index >= 15 is 0 Å². The zero-order chi connectivity index (χ0) is 15.9. The second kappa shape index (κ2) is 5.29. The van der Waals surface area contributed by atoms with Crippen LogP contribution in [0, 0.1) is 6.92 Å². The Bertz CT molecular complexity index is 737. The average Bonchev–Trinajstić information content (AvgIpc) is 2.92. The third-order valence-corrected chi connectivity index (χ3v) is 3.94. The highest BCUT2D eigenvalue weighted by molar-refractivity contribution is 6.06. The van der Waals surface area contributed by atoms with Gasteiger partial charge in [-0.2, -0.15) is 0 Å². The largest absolute Gasteiger partial charge is 0.481 e. The quantitative estimate of drug-likeness (QED) is 0.921. The minimum Gasteiger partial charge on any atom is -0.481 e. The molecule has 0 saturated carbocycles. The first-order valence-corrected chi connectivity index (χ1v) is 7.07. The molecule has 0 radical (unpaired) electrons. The molecule has 0 fully saturated rings. The number of aromatic nitrogens is 1. The summed E-state index contributed by atoms with van der Waals surface area (Å²) in [7, 11) is 0. The third kappa shape index (κ3) is 2.26. The number of hydrogen-bond acceptors (Lipinski definition) is 4. The first-order valence-electron chi connectivity index (χ1n) is 7.07. The van der Waals surface area contributed by atoms with Gasteiger partial charge in [0.15, 0.2) is 0 Å². The summed E-state index contributed by atoms with van der Waals surface area (Å²) in [5.74, 6) is -1.62. The number of carbonyl (C=O) groups is 2. The maximum absolute atomic E-state index is 12.7. The summed E-state index contributed by atoms with van der Waals surface area (Å²) >= 11 is 0. The van der Waals surface area contributed by atoms with Gasteiger partial charge in [0.05, 0.1) is 11.6 Å². The molecule has 0 saturated heterocycles. The van der Waals surface area contributed by atoms with E-state index in [1.54, 1.807) is 42.2 Å². The number of hydrogen-bond donors (Lipinski definition) is 1. The molecule has 1 aromatic carbocycles. The van der Waals surface area contributed by atoms with E-state index in [1.807, 2.05) is 6.92 Å². The van der Waals surface area contributed by atoms with Crippen LogP contribution in [-0.4, -0.2) is 28.2 Å². The Balaban J connectivity index is 2.06. The van der Waals surface area contributed by atoms with Crippen molar-refractivity contribution in [2.75, 3.05) is 4.90 Å². The van der Waals surface area contributed by atoms with E-state index in [1.165, 1.54) is 0 Å². The molecule has 2 aromatic rings. The lowest BCUT2D eigenvalue weighted by Crippen LogP contribution is -2.44. The first kappa shape index (κ1) is 14.3. The van der Waals surface area contributed by atoms with Crippen molar-refractivity contribution in [2.24, 2.45) is 0 Å². The molecule has 2 atom stereocenters. The highest BCUT2D eigenvalue weighted by Crippen LogP contribution is 2.39. The van der Waals surface area contributed by atoms with Crippen LogP contribution in [-0.2, 0) is 4.79 Å². The van der Waals surface area contributed by atoms with Crippen LogP contribution in [0.5, 0.6) is 0 Å². The van der Waals surface area contributed by atoms with Gasteiger partial charge in [0.25, 0.3) is 5.91 Å². The smallest absolute Gasteiger partial charge is 0.311 e. The maximum atomic E-state index is 12.7. The van der Waals surface area contributed by atoms with Crippen molar-refractivity contribution in [2.45, 2.75) is 32.2 Å². The maximum Gasteiger partial charge on any atom is 0.311 e. The molecule has 6 nitrogen and oxygen atoms in total. The summed E-state index contributed by atoms with van der Waals surface area (Å²) in [5.41, 5.74) is 1.90. The molecule has 0 bridgehead atoms. The summed E-state index contributed by atoms with van der Waals surface area (Å²) < 4.78 is 5.06. The molecular weight excluding hydrogens is 284 g/mol. The highest BCUT2D eigenvalue weighted by Gasteiger charge is 2.38. The SMILES string of the molecule is Cc1cc(C(=O)N2c3ccccc3[C@H](C(=O)O)C[C@H]2C)on1. The predicted octanol–water partition coefficient (Wildman–Crippen LogP) is 2.59. The fourth-order valence-corrected chi connectivity index (χ4v) is 2.94. The van der Waals surface area contributed by atoms with Crippen LogP contribution in [0.2, 0.25) is 0 Å². The molecule has 1 aromatic heterocycles. The van der Waals surface area contributed by atoms with E-state index in [-0.39, 0.29) is 17.7 Å². The predicted molar refractivity (Wildman–Crippen MR) is 78.9 cm³/mol. The average molecular weight is 300 g/mol. The molecule has 1 N–H and O–H groups in total. The minimum absolute atomic E-state index is 0.160. The molecule has 0 aliphatic carbocycles. The number of aryl methyl sites for hydroxylation is 1. The summed E-state index contributed by atoms with van der Waals surface area (Å²) in [4.78, 5) is 25.8. The van der Waals surface area contributed by atoms with Gasteiger partial charge in [0, 0.05) is 17.8 Å². The topological polar surface area (TPSA) is 83.6 Å². The highest BCUT2D eigenvalue weighted by atomic mass is 16.5. The molecular formula is C16H16N2O4. The number of carboxylic acids is 1. The third-order valence-electron chi connectivity index (χ3n) is 3.94. The van der Waals surface area contributed by atoms with Crippen LogP contribution < -0.4 is 4.90 Å². The zero-order valence-electron chi connectivity index (χ0n) is 12.3. The Hall–Kier alpha value is -2.63. The van der Waals surface area contributed by atoms with Crippen molar-refractivity contribution in [3.05, 3.63) is 47.3 Å². The van der Waals surface area contributed by atoms with Gasteiger partial charge >= 0.3 is 5.97 Å². The number of fused-ring (bicyclic) bond motifs is 1. The summed E-state index contributed by atoms with van der Waals surface area (Å²) in [5, 5.41) is 13.2. The molecule has 1 amide bonds. The Morgan fingerprint density at radius 1 is 1.36 bits per heavy atom. The van der Waals surface area contributed by atoms with E-state index in [9.17, 15) is 14.7 Å². The van der Waals surface area contributed by atoms with Gasteiger partial charge in [-0.05, 0) is 31.9 Å². The van der Waals surface area contributed by atoms with E-state index in [0.717, 1.165) is 0 Å². The molecule has 6 heteroatoms. The molecule has 22 heavy (non-hydrogen) atoms. The second-order valence-corrected chi connectivity index (χ2v) is 5.54. The molecule has 0 unspecified atom stereocenters. The van der Waals surface area contributed by atoms with E-state index < -0.39 is 11.9 Å². The van der Waals surface area contributed by atoms with Crippen LogP contribution in [0.1, 0.15) is 41.1 Å². The summed E-state index contributed by atoms with van der Waals surface area (Å²) in [6, 6.07) is 8.44. The number of nitrogens with zero attached hydrogens (tertiary/aromatic N) is 2. The van der Waals surface area contributed by atoms with Crippen LogP contribution in [0.15, 0.2) is 34.9 Å². The second-order valence-electron chi connectivity index (χ2n) is 5.54. The van der Waals surface area contributed by atoms with E-state index in [0.29, 0.717) is 23.4 Å². The van der Waals surface area contributed by atoms with Gasteiger partial charge in [-0.3, -0.25) is 9.59 Å². The summed E-state index contributed by atoms with van der Waals surface area (Å²) in [6.07, 6.45) is 0.366. The molecule has 1 aliphatic rings. The van der Waals surface area contributed by atoms with Gasteiger partial charge in [0.1, 0.15) is 0 Å². The van der Waals surface area contributed by atoms with Gasteiger partial charge in [-0.15, -0.1) is 0 Å². The number of benzene rings is 1. The molecule has 114 valence electrons. The first-order chi connectivity index (χ1) is 10.5. The fourth-order valence-electron chi connectivity index (χ4n) is 2.94. The lowest BCUT2D eigenvalue weighted by molar-refractivity contribution is -0.139. The number of amides is 1. The van der Waals surface area contributed by atoms with Gasteiger partial charge < -0.3 is 14.5 Å². The van der Waals surface area contributed by atoms with Crippen molar-refractivity contribution in [3.63, 3.8) is 0 Å². The zero-order valence-corrected chi connectivity index (χ0v) is 12.3. The van der Waals surface area contributed by atoms with Gasteiger partial charge in [-0.25, -0.2) is 0 Å². The van der Waals surface area contributed by atoms with Crippen LogP contribution >= 0.6 is 0 Å². The normalized spacial score (nSPS) is 20.5. The number of rotatable bonds is 2. The van der Waals surface area contributed by atoms with Crippen molar-refractivity contribution in [3.8, 4) is 0 Å². The van der Waals surface area contributed by atoms with Crippen LogP contribution in [0.3, 0.4) is 0 Å². The van der Waals surface area contributed by atoms with Gasteiger partial charge in [0.2, 0.25) is 5.76 Å². The van der Waals surface area contributed by atoms with Crippen molar-refractivity contribution in [1.29, 1.82) is 0 Å². The lowest BCUT2D eigenvalue weighted by Gasteiger charge is -2.37. The van der Waals surface area contributed by atoms with Crippen molar-refractivity contribution < 1.29 is 19.2 Å². The number of para-hydroxylation sites is 1. The lowest BCUT2D eigenvalue weighted by atomic mass is 9.86. The number of carbonyl (C=O) groups excluding carboxylic acids is 1. The summed E-state index contributed by atoms with van der Waals surface area (Å²) in [6.45, 7) is 3.58. The van der Waals surface area contributed by atoms with Crippen molar-refractivity contribution in [1.82, 2.24) is 5.16 Å². The minimum atomic E-state index is -0.873. The van der Waals surface area contributed by atoms with E-state index in [4.69, 9.17) is 4.52 Å². The van der Waals surface area contributed by atoms with Crippen molar-refractivity contribution >= 4 is 17.6 Å². The molecule has 1 aliphatic heterocycles. The fraction of sp³-hybridized carbons (Fsp3) is 0.312. The number of aliphatic carboxylic acids is 1. The molecule has 3 rings (SSSR count). The van der Waals surface area contributed by atoms with Crippen LogP contribution in [0.25, 0.3) is 0 Å². The molecule has 0 spiro atoms. The Morgan fingerprint density at radius 3 is 2.73 bits per heavy atom. The molecule has 2 heterocycles.